The van der Waals surface area contributed by atoms with Crippen LogP contribution in [0.3, 0.4) is 0 Å². The van der Waals surface area contributed by atoms with E-state index in [1.54, 1.807) is 7.11 Å². The van der Waals surface area contributed by atoms with Crippen molar-refractivity contribution in [3.05, 3.63) is 23.0 Å². The fraction of sp³-hybridized carbons (Fsp3) is 0.750. The molecular formula is C20H32N2O4. The minimum absolute atomic E-state index is 0.0555. The maximum atomic E-state index is 12.9. The number of likely N-dealkylation sites (tertiary alicyclic amines) is 1. The van der Waals surface area contributed by atoms with Crippen molar-refractivity contribution < 1.29 is 19.4 Å². The topological polar surface area (TPSA) is 63.9 Å². The lowest BCUT2D eigenvalue weighted by atomic mass is 9.82. The van der Waals surface area contributed by atoms with Crippen LogP contribution in [0.4, 0.5) is 0 Å². The summed E-state index contributed by atoms with van der Waals surface area (Å²) in [6.07, 6.45) is 3.49. The number of aromatic nitrogens is 1. The summed E-state index contributed by atoms with van der Waals surface area (Å²) in [4.78, 5) is 14.8. The summed E-state index contributed by atoms with van der Waals surface area (Å²) in [6, 6.07) is 1.96. The zero-order valence-electron chi connectivity index (χ0n) is 16.5. The fourth-order valence-corrected chi connectivity index (χ4v) is 4.37. The molecule has 6 nitrogen and oxygen atoms in total. The number of hydrogen-bond acceptors (Lipinski definition) is 4. The zero-order valence-corrected chi connectivity index (χ0v) is 16.5. The highest BCUT2D eigenvalue weighted by molar-refractivity contribution is 5.96. The van der Waals surface area contributed by atoms with Crippen LogP contribution in [-0.4, -0.2) is 65.1 Å². The molecule has 26 heavy (non-hydrogen) atoms. The van der Waals surface area contributed by atoms with Crippen LogP contribution in [0, 0.1) is 13.8 Å². The molecule has 0 aromatic carbocycles. The standard InChI is InChI=1S/C20H32N2O4/c1-5-6-7-19(24)11-20(26-14-19)12-21(13-20)18(23)17-10-15(2)22(16(17)3)8-9-25-4/h10,24H,5-9,11-14H2,1-4H3. The van der Waals surface area contributed by atoms with Crippen molar-refractivity contribution >= 4 is 5.91 Å². The Morgan fingerprint density at radius 3 is 2.77 bits per heavy atom. The highest BCUT2D eigenvalue weighted by Gasteiger charge is 2.56. The first kappa shape index (κ1) is 19.4. The molecule has 3 heterocycles. The summed E-state index contributed by atoms with van der Waals surface area (Å²) < 4.78 is 13.2. The molecule has 1 aromatic heterocycles. The Morgan fingerprint density at radius 2 is 2.12 bits per heavy atom. The second-order valence-corrected chi connectivity index (χ2v) is 8.07. The van der Waals surface area contributed by atoms with E-state index in [2.05, 4.69) is 11.5 Å². The number of unbranched alkanes of at least 4 members (excludes halogenated alkanes) is 1. The molecule has 1 aromatic rings. The van der Waals surface area contributed by atoms with Gasteiger partial charge in [0.05, 0.1) is 37.5 Å². The van der Waals surface area contributed by atoms with Crippen molar-refractivity contribution in [2.45, 2.75) is 64.2 Å². The Hall–Kier alpha value is -1.37. The molecule has 0 saturated carbocycles. The second kappa shape index (κ2) is 7.33. The summed E-state index contributed by atoms with van der Waals surface area (Å²) in [5, 5.41) is 10.7. The average Bonchev–Trinajstić information content (AvgIpc) is 3.08. The van der Waals surface area contributed by atoms with E-state index in [-0.39, 0.29) is 11.5 Å². The average molecular weight is 364 g/mol. The largest absolute Gasteiger partial charge is 0.387 e. The molecule has 0 aliphatic carbocycles. The molecule has 2 saturated heterocycles. The summed E-state index contributed by atoms with van der Waals surface area (Å²) in [5.41, 5.74) is 1.75. The number of aryl methyl sites for hydroxylation is 1. The van der Waals surface area contributed by atoms with Gasteiger partial charge in [0, 0.05) is 31.5 Å². The molecular weight excluding hydrogens is 332 g/mol. The predicted molar refractivity (Wildman–Crippen MR) is 99.5 cm³/mol. The third-order valence-corrected chi connectivity index (χ3v) is 5.86. The lowest BCUT2D eigenvalue weighted by molar-refractivity contribution is -0.0956. The van der Waals surface area contributed by atoms with Gasteiger partial charge >= 0.3 is 0 Å². The van der Waals surface area contributed by atoms with Crippen LogP contribution in [0.1, 0.15) is 54.4 Å². The van der Waals surface area contributed by atoms with E-state index in [1.165, 1.54) is 0 Å². The van der Waals surface area contributed by atoms with Gasteiger partial charge < -0.3 is 24.0 Å². The van der Waals surface area contributed by atoms with Crippen LogP contribution in [-0.2, 0) is 16.0 Å². The molecule has 2 aliphatic heterocycles. The van der Waals surface area contributed by atoms with E-state index < -0.39 is 5.60 Å². The van der Waals surface area contributed by atoms with E-state index in [1.807, 2.05) is 24.8 Å². The highest BCUT2D eigenvalue weighted by Crippen LogP contribution is 2.42. The lowest BCUT2D eigenvalue weighted by Crippen LogP contribution is -2.63. The SMILES string of the molecule is CCCCC1(O)COC2(CN(C(=O)c3cc(C)n(CCOC)c3C)C2)C1. The molecule has 6 heteroatoms. The molecule has 2 fully saturated rings. The second-order valence-electron chi connectivity index (χ2n) is 8.07. The number of aliphatic hydroxyl groups is 1. The van der Waals surface area contributed by atoms with Crippen LogP contribution in [0.2, 0.25) is 0 Å². The number of nitrogens with zero attached hydrogens (tertiary/aromatic N) is 2. The highest BCUT2D eigenvalue weighted by atomic mass is 16.5. The van der Waals surface area contributed by atoms with Gasteiger partial charge in [0.1, 0.15) is 5.60 Å². The van der Waals surface area contributed by atoms with Crippen LogP contribution < -0.4 is 0 Å². The van der Waals surface area contributed by atoms with Gasteiger partial charge in [-0.25, -0.2) is 0 Å². The molecule has 146 valence electrons. The molecule has 1 amide bonds. The van der Waals surface area contributed by atoms with Gasteiger partial charge in [0.25, 0.3) is 5.91 Å². The maximum Gasteiger partial charge on any atom is 0.255 e. The number of methoxy groups -OCH3 is 1. The van der Waals surface area contributed by atoms with Crippen molar-refractivity contribution in [1.29, 1.82) is 0 Å². The quantitative estimate of drug-likeness (QED) is 0.806. The number of carbonyl (C=O) groups excluding carboxylic acids is 1. The monoisotopic (exact) mass is 364 g/mol. The lowest BCUT2D eigenvalue weighted by Gasteiger charge is -2.47. The first-order chi connectivity index (χ1) is 12.3. The van der Waals surface area contributed by atoms with Crippen molar-refractivity contribution in [2.24, 2.45) is 0 Å². The summed E-state index contributed by atoms with van der Waals surface area (Å²) in [5.74, 6) is 0.0555. The summed E-state index contributed by atoms with van der Waals surface area (Å²) >= 11 is 0. The van der Waals surface area contributed by atoms with Gasteiger partial charge in [-0.1, -0.05) is 19.8 Å². The van der Waals surface area contributed by atoms with E-state index >= 15 is 0 Å². The normalized spacial score (nSPS) is 24.3. The number of ether oxygens (including phenoxy) is 2. The van der Waals surface area contributed by atoms with Gasteiger partial charge in [-0.3, -0.25) is 4.79 Å². The Bertz CT molecular complexity index is 663. The summed E-state index contributed by atoms with van der Waals surface area (Å²) in [7, 11) is 1.68. The van der Waals surface area contributed by atoms with Crippen LogP contribution in [0.15, 0.2) is 6.07 Å². The predicted octanol–water partition coefficient (Wildman–Crippen LogP) is 2.29. The van der Waals surface area contributed by atoms with E-state index in [9.17, 15) is 9.90 Å². The Balaban J connectivity index is 1.62. The van der Waals surface area contributed by atoms with Crippen LogP contribution in [0.5, 0.6) is 0 Å². The smallest absolute Gasteiger partial charge is 0.255 e. The Kier molecular flexibility index (Phi) is 5.47. The van der Waals surface area contributed by atoms with E-state index in [0.717, 1.165) is 42.8 Å². The number of rotatable bonds is 7. The minimum Gasteiger partial charge on any atom is -0.387 e. The first-order valence-corrected chi connectivity index (χ1v) is 9.64. The van der Waals surface area contributed by atoms with E-state index in [0.29, 0.717) is 32.7 Å². The van der Waals surface area contributed by atoms with Crippen molar-refractivity contribution in [3.8, 4) is 0 Å². The third kappa shape index (κ3) is 3.55. The Morgan fingerprint density at radius 1 is 1.38 bits per heavy atom. The van der Waals surface area contributed by atoms with Gasteiger partial charge in [0.15, 0.2) is 0 Å². The maximum absolute atomic E-state index is 12.9. The minimum atomic E-state index is -0.721. The van der Waals surface area contributed by atoms with Gasteiger partial charge in [-0.15, -0.1) is 0 Å². The molecule has 3 rings (SSSR count). The fourth-order valence-electron chi connectivity index (χ4n) is 4.37. The molecule has 2 aliphatic rings. The molecule has 1 spiro atoms. The molecule has 0 bridgehead atoms. The number of hydrogen-bond donors (Lipinski definition) is 1. The molecule has 0 radical (unpaired) electrons. The van der Waals surface area contributed by atoms with Gasteiger partial charge in [-0.05, 0) is 26.3 Å². The number of amides is 1. The summed E-state index contributed by atoms with van der Waals surface area (Å²) in [6.45, 7) is 9.04. The molecule has 1 unspecified atom stereocenters. The molecule has 1 atom stereocenters. The van der Waals surface area contributed by atoms with Gasteiger partial charge in [-0.2, -0.15) is 0 Å². The van der Waals surface area contributed by atoms with Crippen LogP contribution in [0.25, 0.3) is 0 Å². The van der Waals surface area contributed by atoms with Crippen LogP contribution >= 0.6 is 0 Å². The third-order valence-electron chi connectivity index (χ3n) is 5.86. The van der Waals surface area contributed by atoms with Crippen molar-refractivity contribution in [3.63, 3.8) is 0 Å². The zero-order chi connectivity index (χ0) is 18.9. The van der Waals surface area contributed by atoms with E-state index in [4.69, 9.17) is 9.47 Å². The first-order valence-electron chi connectivity index (χ1n) is 9.64. The van der Waals surface area contributed by atoms with Gasteiger partial charge in [0.2, 0.25) is 0 Å². The Labute approximate surface area is 156 Å². The van der Waals surface area contributed by atoms with Crippen molar-refractivity contribution in [1.82, 2.24) is 9.47 Å². The number of carbonyl (C=O) groups is 1. The molecule has 1 N–H and O–H groups in total. The van der Waals surface area contributed by atoms with Crippen molar-refractivity contribution in [2.75, 3.05) is 33.4 Å².